The van der Waals surface area contributed by atoms with Gasteiger partial charge in [-0.2, -0.15) is 0 Å². The largest absolute Gasteiger partial charge is 0.493 e. The second-order valence-corrected chi connectivity index (χ2v) is 5.28. The maximum Gasteiger partial charge on any atom is 0.319 e. The first-order chi connectivity index (χ1) is 11.6. The zero-order valence-corrected chi connectivity index (χ0v) is 14.4. The summed E-state index contributed by atoms with van der Waals surface area (Å²) in [7, 11) is 4.55. The summed E-state index contributed by atoms with van der Waals surface area (Å²) in [6.07, 6.45) is 0. The number of hydrogen-bond acceptors (Lipinski definition) is 4. The number of ether oxygens (including phenoxy) is 3. The molecule has 2 amide bonds. The van der Waals surface area contributed by atoms with Crippen LogP contribution < -0.4 is 24.8 Å². The van der Waals surface area contributed by atoms with E-state index >= 15 is 0 Å². The fourth-order valence-corrected chi connectivity index (χ4v) is 2.24. The molecule has 2 rings (SSSR count). The highest BCUT2D eigenvalue weighted by Crippen LogP contribution is 2.39. The van der Waals surface area contributed by atoms with Crippen molar-refractivity contribution in [1.82, 2.24) is 5.32 Å². The lowest BCUT2D eigenvalue weighted by molar-refractivity contribution is 0.251. The monoisotopic (exact) mass is 350 g/mol. The molecule has 7 heteroatoms. The lowest BCUT2D eigenvalue weighted by Gasteiger charge is -2.15. The maximum atomic E-state index is 12.0. The summed E-state index contributed by atoms with van der Waals surface area (Å²) in [6.45, 7) is 0.382. The molecule has 0 spiro atoms. The molecule has 0 atom stereocenters. The van der Waals surface area contributed by atoms with Gasteiger partial charge in [0, 0.05) is 23.7 Å². The SMILES string of the molecule is COc1cc(NC(=O)NCc2ccc(Cl)cc2)cc(OC)c1OC. The van der Waals surface area contributed by atoms with Gasteiger partial charge in [0.15, 0.2) is 11.5 Å². The number of urea groups is 1. The zero-order valence-electron chi connectivity index (χ0n) is 13.7. The average molecular weight is 351 g/mol. The van der Waals surface area contributed by atoms with Gasteiger partial charge >= 0.3 is 6.03 Å². The third kappa shape index (κ3) is 4.45. The van der Waals surface area contributed by atoms with E-state index in [-0.39, 0.29) is 6.03 Å². The molecule has 0 aliphatic rings. The van der Waals surface area contributed by atoms with Crippen LogP contribution in [0, 0.1) is 0 Å². The van der Waals surface area contributed by atoms with E-state index in [4.69, 9.17) is 25.8 Å². The molecule has 24 heavy (non-hydrogen) atoms. The van der Waals surface area contributed by atoms with Crippen molar-refractivity contribution in [2.24, 2.45) is 0 Å². The van der Waals surface area contributed by atoms with Crippen LogP contribution in [-0.2, 0) is 6.54 Å². The van der Waals surface area contributed by atoms with Gasteiger partial charge in [0.05, 0.1) is 27.0 Å². The van der Waals surface area contributed by atoms with Gasteiger partial charge in [-0.1, -0.05) is 23.7 Å². The first kappa shape index (κ1) is 17.7. The summed E-state index contributed by atoms with van der Waals surface area (Å²) in [6, 6.07) is 10.2. The number of amides is 2. The Morgan fingerprint density at radius 2 is 1.58 bits per heavy atom. The normalized spacial score (nSPS) is 10.0. The number of halogens is 1. The topological polar surface area (TPSA) is 68.8 Å². The molecule has 0 aromatic heterocycles. The van der Waals surface area contributed by atoms with E-state index in [0.717, 1.165) is 5.56 Å². The van der Waals surface area contributed by atoms with E-state index in [1.54, 1.807) is 24.3 Å². The Morgan fingerprint density at radius 3 is 2.08 bits per heavy atom. The predicted octanol–water partition coefficient (Wildman–Crippen LogP) is 3.69. The van der Waals surface area contributed by atoms with Crippen molar-refractivity contribution in [3.05, 3.63) is 47.0 Å². The highest BCUT2D eigenvalue weighted by atomic mass is 35.5. The van der Waals surface area contributed by atoms with Crippen molar-refractivity contribution in [3.63, 3.8) is 0 Å². The van der Waals surface area contributed by atoms with Crippen LogP contribution in [0.2, 0.25) is 5.02 Å². The molecule has 0 radical (unpaired) electrons. The maximum absolute atomic E-state index is 12.0. The second-order valence-electron chi connectivity index (χ2n) is 4.85. The van der Waals surface area contributed by atoms with Gasteiger partial charge in [-0.05, 0) is 17.7 Å². The van der Waals surface area contributed by atoms with Crippen LogP contribution >= 0.6 is 11.6 Å². The fraction of sp³-hybridized carbons (Fsp3) is 0.235. The summed E-state index contributed by atoms with van der Waals surface area (Å²) in [5, 5.41) is 6.15. The minimum Gasteiger partial charge on any atom is -0.493 e. The van der Waals surface area contributed by atoms with Gasteiger partial charge < -0.3 is 24.8 Å². The molecule has 0 unspecified atom stereocenters. The number of nitrogens with one attached hydrogen (secondary N) is 2. The predicted molar refractivity (Wildman–Crippen MR) is 93.4 cm³/mol. The molecule has 0 fully saturated rings. The number of carbonyl (C=O) groups excluding carboxylic acids is 1. The molecule has 6 nitrogen and oxygen atoms in total. The molecule has 0 aliphatic carbocycles. The molecular formula is C17H19ClN2O4. The number of rotatable bonds is 6. The van der Waals surface area contributed by atoms with Crippen LogP contribution in [0.4, 0.5) is 10.5 Å². The molecular weight excluding hydrogens is 332 g/mol. The fourth-order valence-electron chi connectivity index (χ4n) is 2.11. The lowest BCUT2D eigenvalue weighted by atomic mass is 10.2. The molecule has 0 saturated heterocycles. The van der Waals surface area contributed by atoms with Gasteiger partial charge in [-0.15, -0.1) is 0 Å². The van der Waals surface area contributed by atoms with Crippen molar-refractivity contribution in [3.8, 4) is 17.2 Å². The van der Waals surface area contributed by atoms with Crippen molar-refractivity contribution in [2.45, 2.75) is 6.54 Å². The lowest BCUT2D eigenvalue weighted by Crippen LogP contribution is -2.28. The molecule has 0 aliphatic heterocycles. The van der Waals surface area contributed by atoms with Crippen LogP contribution in [0.5, 0.6) is 17.2 Å². The first-order valence-corrected chi connectivity index (χ1v) is 7.54. The van der Waals surface area contributed by atoms with Crippen molar-refractivity contribution in [2.75, 3.05) is 26.6 Å². The molecule has 2 N–H and O–H groups in total. The molecule has 0 saturated carbocycles. The number of methoxy groups -OCH3 is 3. The Morgan fingerprint density at radius 1 is 1.00 bits per heavy atom. The van der Waals surface area contributed by atoms with E-state index in [2.05, 4.69) is 10.6 Å². The minimum atomic E-state index is -0.348. The molecule has 128 valence electrons. The van der Waals surface area contributed by atoms with Gasteiger partial charge in [0.25, 0.3) is 0 Å². The standard InChI is InChI=1S/C17H19ClN2O4/c1-22-14-8-13(9-15(23-2)16(14)24-3)20-17(21)19-10-11-4-6-12(18)7-5-11/h4-9H,10H2,1-3H3,(H2,19,20,21). The Balaban J connectivity index is 2.04. The van der Waals surface area contributed by atoms with E-state index in [0.29, 0.717) is 34.5 Å². The first-order valence-electron chi connectivity index (χ1n) is 7.16. The van der Waals surface area contributed by atoms with Crippen LogP contribution in [0.3, 0.4) is 0 Å². The van der Waals surface area contributed by atoms with Crippen LogP contribution in [0.1, 0.15) is 5.56 Å². The van der Waals surface area contributed by atoms with E-state index in [1.807, 2.05) is 12.1 Å². The highest BCUT2D eigenvalue weighted by molar-refractivity contribution is 6.30. The van der Waals surface area contributed by atoms with E-state index in [1.165, 1.54) is 21.3 Å². The Bertz CT molecular complexity index is 679. The number of hydrogen-bond donors (Lipinski definition) is 2. The summed E-state index contributed by atoms with van der Waals surface area (Å²) < 4.78 is 15.7. The van der Waals surface area contributed by atoms with Crippen molar-refractivity contribution in [1.29, 1.82) is 0 Å². The quantitative estimate of drug-likeness (QED) is 0.833. The summed E-state index contributed by atoms with van der Waals surface area (Å²) in [5.74, 6) is 1.39. The Hall–Kier alpha value is -2.60. The highest BCUT2D eigenvalue weighted by Gasteiger charge is 2.14. The molecule has 0 bridgehead atoms. The summed E-state index contributed by atoms with van der Waals surface area (Å²) in [5.41, 5.74) is 1.47. The minimum absolute atomic E-state index is 0.348. The van der Waals surface area contributed by atoms with Gasteiger partial charge in [-0.25, -0.2) is 4.79 Å². The average Bonchev–Trinajstić information content (AvgIpc) is 2.60. The summed E-state index contributed by atoms with van der Waals surface area (Å²) >= 11 is 5.83. The van der Waals surface area contributed by atoms with Crippen LogP contribution in [-0.4, -0.2) is 27.4 Å². The van der Waals surface area contributed by atoms with Gasteiger partial charge in [0.2, 0.25) is 5.75 Å². The van der Waals surface area contributed by atoms with Gasteiger partial charge in [0.1, 0.15) is 0 Å². The van der Waals surface area contributed by atoms with Crippen LogP contribution in [0.25, 0.3) is 0 Å². The molecule has 2 aromatic rings. The Labute approximate surface area is 145 Å². The number of carbonyl (C=O) groups is 1. The second kappa shape index (κ2) is 8.31. The molecule has 2 aromatic carbocycles. The smallest absolute Gasteiger partial charge is 0.319 e. The van der Waals surface area contributed by atoms with Crippen molar-refractivity contribution >= 4 is 23.3 Å². The Kier molecular flexibility index (Phi) is 6.14. The van der Waals surface area contributed by atoms with E-state index < -0.39 is 0 Å². The third-order valence-electron chi connectivity index (χ3n) is 3.29. The number of anilines is 1. The van der Waals surface area contributed by atoms with Crippen LogP contribution in [0.15, 0.2) is 36.4 Å². The molecule has 0 heterocycles. The zero-order chi connectivity index (χ0) is 17.5. The number of benzene rings is 2. The third-order valence-corrected chi connectivity index (χ3v) is 3.54. The van der Waals surface area contributed by atoms with E-state index in [9.17, 15) is 4.79 Å². The van der Waals surface area contributed by atoms with Gasteiger partial charge in [-0.3, -0.25) is 0 Å². The summed E-state index contributed by atoms with van der Waals surface area (Å²) in [4.78, 5) is 12.0. The van der Waals surface area contributed by atoms with Crippen molar-refractivity contribution < 1.29 is 19.0 Å².